The van der Waals surface area contributed by atoms with E-state index in [9.17, 15) is 19.2 Å². The fraction of sp³-hybridized carbons (Fsp3) is 0.350. The first-order valence-corrected chi connectivity index (χ1v) is 9.51. The molecule has 2 amide bonds. The lowest BCUT2D eigenvalue weighted by Crippen LogP contribution is -2.44. The standard InChI is InChI=1S/C20H21N5O5/c1-10-13(9-18(27)28)11(2)25(22-10)12-4-5-14-16(8-12)23(3)20(30)24(14)15-6-7-17(26)21-19(15)29/h4-5,8,15H,6-7,9H2,1-3H3,(H,27,28)(H,21,26,29). The summed E-state index contributed by atoms with van der Waals surface area (Å²) in [5, 5.41) is 15.9. The van der Waals surface area contributed by atoms with Gasteiger partial charge < -0.3 is 5.11 Å². The van der Waals surface area contributed by atoms with E-state index in [4.69, 9.17) is 5.11 Å². The second-order valence-corrected chi connectivity index (χ2v) is 7.48. The number of aromatic nitrogens is 4. The average Bonchev–Trinajstić information content (AvgIpc) is 3.10. The highest BCUT2D eigenvalue weighted by Crippen LogP contribution is 2.26. The zero-order chi connectivity index (χ0) is 21.7. The Kier molecular flexibility index (Phi) is 4.56. The summed E-state index contributed by atoms with van der Waals surface area (Å²) in [6, 6.07) is 4.54. The molecule has 3 aromatic rings. The fourth-order valence-corrected chi connectivity index (χ4v) is 4.05. The summed E-state index contributed by atoms with van der Waals surface area (Å²) in [4.78, 5) is 47.8. The van der Waals surface area contributed by atoms with Crippen molar-refractivity contribution in [1.82, 2.24) is 24.2 Å². The van der Waals surface area contributed by atoms with E-state index in [1.807, 2.05) is 0 Å². The molecule has 10 heteroatoms. The number of nitrogens with one attached hydrogen (secondary N) is 1. The molecule has 2 aromatic heterocycles. The zero-order valence-corrected chi connectivity index (χ0v) is 16.8. The number of piperidine rings is 1. The van der Waals surface area contributed by atoms with Crippen molar-refractivity contribution in [3.05, 3.63) is 45.6 Å². The molecule has 2 N–H and O–H groups in total. The van der Waals surface area contributed by atoms with Crippen LogP contribution in [0.5, 0.6) is 0 Å². The summed E-state index contributed by atoms with van der Waals surface area (Å²) < 4.78 is 4.52. The summed E-state index contributed by atoms with van der Waals surface area (Å²) in [6.45, 7) is 3.56. The number of carbonyl (C=O) groups is 3. The first-order chi connectivity index (χ1) is 14.2. The Balaban J connectivity index is 1.83. The molecular weight excluding hydrogens is 390 g/mol. The number of nitrogens with zero attached hydrogens (tertiary/aromatic N) is 4. The number of imidazole rings is 1. The SMILES string of the molecule is Cc1nn(-c2ccc3c(c2)n(C)c(=O)n3C2CCC(=O)NC2=O)c(C)c1CC(=O)O. The second-order valence-electron chi connectivity index (χ2n) is 7.48. The number of aliphatic carboxylic acids is 1. The lowest BCUT2D eigenvalue weighted by atomic mass is 10.1. The third kappa shape index (κ3) is 3.00. The Morgan fingerprint density at radius 3 is 2.63 bits per heavy atom. The minimum Gasteiger partial charge on any atom is -0.481 e. The predicted molar refractivity (Wildman–Crippen MR) is 107 cm³/mol. The number of benzene rings is 1. The average molecular weight is 411 g/mol. The van der Waals surface area contributed by atoms with Crippen molar-refractivity contribution in [1.29, 1.82) is 0 Å². The summed E-state index contributed by atoms with van der Waals surface area (Å²) >= 11 is 0. The van der Waals surface area contributed by atoms with Crippen LogP contribution < -0.4 is 11.0 Å². The van der Waals surface area contributed by atoms with E-state index in [0.717, 1.165) is 0 Å². The number of aryl methyl sites for hydroxylation is 2. The van der Waals surface area contributed by atoms with E-state index < -0.39 is 17.9 Å². The van der Waals surface area contributed by atoms with E-state index in [0.29, 0.717) is 33.7 Å². The topological polar surface area (TPSA) is 128 Å². The van der Waals surface area contributed by atoms with Crippen LogP contribution in [0.15, 0.2) is 23.0 Å². The van der Waals surface area contributed by atoms with Gasteiger partial charge in [0.25, 0.3) is 0 Å². The fourth-order valence-electron chi connectivity index (χ4n) is 4.05. The maximum Gasteiger partial charge on any atom is 0.329 e. The first-order valence-electron chi connectivity index (χ1n) is 9.51. The molecule has 1 aromatic carbocycles. The number of carbonyl (C=O) groups excluding carboxylic acids is 2. The number of imide groups is 1. The molecular formula is C20H21N5O5. The quantitative estimate of drug-likeness (QED) is 0.610. The van der Waals surface area contributed by atoms with Gasteiger partial charge in [-0.15, -0.1) is 0 Å². The van der Waals surface area contributed by atoms with Gasteiger partial charge in [-0.05, 0) is 38.5 Å². The summed E-state index contributed by atoms with van der Waals surface area (Å²) in [7, 11) is 1.62. The van der Waals surface area contributed by atoms with Gasteiger partial charge in [-0.1, -0.05) is 0 Å². The van der Waals surface area contributed by atoms with Crippen LogP contribution in [0.1, 0.15) is 35.8 Å². The van der Waals surface area contributed by atoms with Crippen LogP contribution in [0, 0.1) is 13.8 Å². The first kappa shape index (κ1) is 19.6. The van der Waals surface area contributed by atoms with Crippen molar-refractivity contribution in [2.45, 2.75) is 39.2 Å². The zero-order valence-electron chi connectivity index (χ0n) is 16.8. The second kappa shape index (κ2) is 6.97. The third-order valence-corrected chi connectivity index (χ3v) is 5.61. The lowest BCUT2D eigenvalue weighted by Gasteiger charge is -2.21. The summed E-state index contributed by atoms with van der Waals surface area (Å²) in [5.41, 5.74) is 3.50. The third-order valence-electron chi connectivity index (χ3n) is 5.61. The predicted octanol–water partition coefficient (Wildman–Crippen LogP) is 0.747. The highest BCUT2D eigenvalue weighted by Gasteiger charge is 2.31. The van der Waals surface area contributed by atoms with Gasteiger partial charge in [0, 0.05) is 24.7 Å². The van der Waals surface area contributed by atoms with Crippen LogP contribution in [0.4, 0.5) is 0 Å². The van der Waals surface area contributed by atoms with Crippen molar-refractivity contribution in [3.63, 3.8) is 0 Å². The molecule has 3 heterocycles. The van der Waals surface area contributed by atoms with E-state index in [1.165, 1.54) is 9.13 Å². The van der Waals surface area contributed by atoms with Crippen molar-refractivity contribution < 1.29 is 19.5 Å². The number of carboxylic acid groups (broad SMARTS) is 1. The van der Waals surface area contributed by atoms with E-state index in [1.54, 1.807) is 43.8 Å². The van der Waals surface area contributed by atoms with E-state index >= 15 is 0 Å². The van der Waals surface area contributed by atoms with Crippen LogP contribution in [-0.4, -0.2) is 41.8 Å². The molecule has 0 saturated carbocycles. The van der Waals surface area contributed by atoms with Crippen molar-refractivity contribution >= 4 is 28.8 Å². The largest absolute Gasteiger partial charge is 0.481 e. The van der Waals surface area contributed by atoms with Crippen LogP contribution in [0.2, 0.25) is 0 Å². The molecule has 1 saturated heterocycles. The number of rotatable bonds is 4. The van der Waals surface area contributed by atoms with Crippen molar-refractivity contribution in [3.8, 4) is 5.69 Å². The highest BCUT2D eigenvalue weighted by molar-refractivity contribution is 6.00. The maximum atomic E-state index is 12.9. The lowest BCUT2D eigenvalue weighted by molar-refractivity contribution is -0.137. The van der Waals surface area contributed by atoms with E-state index in [-0.39, 0.29) is 30.9 Å². The van der Waals surface area contributed by atoms with Gasteiger partial charge in [0.05, 0.1) is 28.8 Å². The van der Waals surface area contributed by atoms with Gasteiger partial charge >= 0.3 is 11.7 Å². The molecule has 1 aliphatic rings. The Morgan fingerprint density at radius 2 is 1.97 bits per heavy atom. The van der Waals surface area contributed by atoms with Crippen molar-refractivity contribution in [2.75, 3.05) is 0 Å². The Morgan fingerprint density at radius 1 is 1.23 bits per heavy atom. The van der Waals surface area contributed by atoms with Crippen LogP contribution in [0.25, 0.3) is 16.7 Å². The number of carboxylic acids is 1. The molecule has 1 atom stereocenters. The smallest absolute Gasteiger partial charge is 0.329 e. The summed E-state index contributed by atoms with van der Waals surface area (Å²) in [5.74, 6) is -1.75. The van der Waals surface area contributed by atoms with Crippen molar-refractivity contribution in [2.24, 2.45) is 7.05 Å². The molecule has 0 bridgehead atoms. The highest BCUT2D eigenvalue weighted by atomic mass is 16.4. The van der Waals surface area contributed by atoms with Crippen LogP contribution >= 0.6 is 0 Å². The number of hydrogen-bond acceptors (Lipinski definition) is 5. The Bertz CT molecular complexity index is 1280. The molecule has 10 nitrogen and oxygen atoms in total. The minimum atomic E-state index is -0.931. The Labute approximate surface area is 170 Å². The monoisotopic (exact) mass is 411 g/mol. The minimum absolute atomic E-state index is 0.121. The normalized spacial score (nSPS) is 16.8. The molecule has 30 heavy (non-hydrogen) atoms. The molecule has 1 aliphatic heterocycles. The number of amides is 2. The van der Waals surface area contributed by atoms with Crippen LogP contribution in [-0.2, 0) is 27.9 Å². The van der Waals surface area contributed by atoms with Gasteiger partial charge in [0.2, 0.25) is 11.8 Å². The molecule has 156 valence electrons. The van der Waals surface area contributed by atoms with Gasteiger partial charge in [0.15, 0.2) is 0 Å². The van der Waals surface area contributed by atoms with Crippen LogP contribution in [0.3, 0.4) is 0 Å². The molecule has 4 rings (SSSR count). The van der Waals surface area contributed by atoms with Gasteiger partial charge in [0.1, 0.15) is 6.04 Å². The molecule has 0 radical (unpaired) electrons. The number of hydrogen-bond donors (Lipinski definition) is 2. The van der Waals surface area contributed by atoms with Gasteiger partial charge in [-0.25, -0.2) is 9.48 Å². The molecule has 1 unspecified atom stereocenters. The number of fused-ring (bicyclic) bond motifs is 1. The Hall–Kier alpha value is -3.69. The molecule has 1 fully saturated rings. The summed E-state index contributed by atoms with van der Waals surface area (Å²) in [6.07, 6.45) is 0.321. The van der Waals surface area contributed by atoms with Gasteiger partial charge in [-0.2, -0.15) is 5.10 Å². The molecule has 0 spiro atoms. The molecule has 0 aliphatic carbocycles. The van der Waals surface area contributed by atoms with Gasteiger partial charge in [-0.3, -0.25) is 28.8 Å². The van der Waals surface area contributed by atoms with E-state index in [2.05, 4.69) is 10.4 Å². The maximum absolute atomic E-state index is 12.9.